The van der Waals surface area contributed by atoms with E-state index in [2.05, 4.69) is 33.0 Å². The van der Waals surface area contributed by atoms with Crippen molar-refractivity contribution in [2.75, 3.05) is 24.7 Å². The number of rotatable bonds is 2. The van der Waals surface area contributed by atoms with Gasteiger partial charge in [0.05, 0.1) is 0 Å². The smallest absolute Gasteiger partial charge is 0.107 e. The van der Waals surface area contributed by atoms with E-state index in [1.165, 1.54) is 11.3 Å². The highest BCUT2D eigenvalue weighted by atomic mass is 79.9. The Morgan fingerprint density at radius 1 is 1.46 bits per heavy atom. The molecule has 3 heteroatoms. The summed E-state index contributed by atoms with van der Waals surface area (Å²) in [5.41, 5.74) is 2.52. The summed E-state index contributed by atoms with van der Waals surface area (Å²) in [6.07, 6.45) is 1.04. The van der Waals surface area contributed by atoms with E-state index in [0.717, 1.165) is 17.4 Å². The minimum absolute atomic E-state index is 0.272. The van der Waals surface area contributed by atoms with Gasteiger partial charge in [-0.3, -0.25) is 0 Å². The molecule has 0 unspecified atom stereocenters. The molecule has 1 aromatic carbocycles. The standard InChI is InChI=1S/C10H11BrFN/c11-9-2-1-8-3-5-13(6-4-12)10(8)7-9/h1-2,7H,3-6H2. The van der Waals surface area contributed by atoms with Crippen molar-refractivity contribution >= 4 is 21.6 Å². The zero-order chi connectivity index (χ0) is 9.26. The van der Waals surface area contributed by atoms with Crippen molar-refractivity contribution in [2.24, 2.45) is 0 Å². The topological polar surface area (TPSA) is 3.24 Å². The fraction of sp³-hybridized carbons (Fsp3) is 0.400. The summed E-state index contributed by atoms with van der Waals surface area (Å²) in [7, 11) is 0. The Labute approximate surface area is 85.7 Å². The Morgan fingerprint density at radius 2 is 2.31 bits per heavy atom. The van der Waals surface area contributed by atoms with Crippen LogP contribution >= 0.6 is 15.9 Å². The average molecular weight is 244 g/mol. The summed E-state index contributed by atoms with van der Waals surface area (Å²) in [5.74, 6) is 0. The molecule has 1 heterocycles. The number of alkyl halides is 1. The molecule has 0 saturated heterocycles. The van der Waals surface area contributed by atoms with Gasteiger partial charge in [-0.15, -0.1) is 0 Å². The van der Waals surface area contributed by atoms with Crippen molar-refractivity contribution in [3.05, 3.63) is 28.2 Å². The van der Waals surface area contributed by atoms with Crippen LogP contribution in [0.1, 0.15) is 5.56 Å². The molecule has 1 aromatic rings. The van der Waals surface area contributed by atoms with E-state index in [-0.39, 0.29) is 6.67 Å². The van der Waals surface area contributed by atoms with Crippen molar-refractivity contribution in [3.8, 4) is 0 Å². The van der Waals surface area contributed by atoms with Crippen LogP contribution in [0.2, 0.25) is 0 Å². The molecule has 0 aliphatic carbocycles. The summed E-state index contributed by atoms with van der Waals surface area (Å²) < 4.78 is 13.3. The molecule has 2 rings (SSSR count). The van der Waals surface area contributed by atoms with E-state index >= 15 is 0 Å². The highest BCUT2D eigenvalue weighted by Gasteiger charge is 2.18. The van der Waals surface area contributed by atoms with Gasteiger partial charge in [-0.1, -0.05) is 22.0 Å². The van der Waals surface area contributed by atoms with Gasteiger partial charge in [-0.25, -0.2) is 4.39 Å². The molecule has 0 radical (unpaired) electrons. The second-order valence-electron chi connectivity index (χ2n) is 3.20. The molecular weight excluding hydrogens is 233 g/mol. The van der Waals surface area contributed by atoms with Gasteiger partial charge in [-0.2, -0.15) is 0 Å². The minimum atomic E-state index is -0.272. The first-order chi connectivity index (χ1) is 6.31. The summed E-state index contributed by atoms with van der Waals surface area (Å²) in [6.45, 7) is 1.20. The maximum absolute atomic E-state index is 12.2. The lowest BCUT2D eigenvalue weighted by Gasteiger charge is -2.17. The molecule has 1 aliphatic heterocycles. The summed E-state index contributed by atoms with van der Waals surface area (Å²) in [6, 6.07) is 6.22. The van der Waals surface area contributed by atoms with Gasteiger partial charge in [0.25, 0.3) is 0 Å². The first kappa shape index (κ1) is 9.00. The lowest BCUT2D eigenvalue weighted by Crippen LogP contribution is -2.22. The van der Waals surface area contributed by atoms with Crippen LogP contribution in [0.25, 0.3) is 0 Å². The SMILES string of the molecule is FCCN1CCc2ccc(Br)cc21. The molecule has 0 bridgehead atoms. The summed E-state index contributed by atoms with van der Waals surface area (Å²) in [4.78, 5) is 2.10. The Morgan fingerprint density at radius 3 is 3.08 bits per heavy atom. The van der Waals surface area contributed by atoms with Crippen LogP contribution < -0.4 is 4.90 Å². The fourth-order valence-corrected chi connectivity index (χ4v) is 2.10. The predicted octanol–water partition coefficient (Wildman–Crippen LogP) is 2.78. The van der Waals surface area contributed by atoms with Crippen LogP contribution in [0.3, 0.4) is 0 Å². The molecule has 0 atom stereocenters. The Kier molecular flexibility index (Phi) is 2.54. The van der Waals surface area contributed by atoms with Gasteiger partial charge >= 0.3 is 0 Å². The third-order valence-electron chi connectivity index (χ3n) is 2.39. The number of benzene rings is 1. The van der Waals surface area contributed by atoms with Gasteiger partial charge in [0.15, 0.2) is 0 Å². The number of nitrogens with zero attached hydrogens (tertiary/aromatic N) is 1. The van der Waals surface area contributed by atoms with Gasteiger partial charge in [-0.05, 0) is 24.1 Å². The zero-order valence-corrected chi connectivity index (χ0v) is 8.85. The fourth-order valence-electron chi connectivity index (χ4n) is 1.75. The molecule has 0 spiro atoms. The van der Waals surface area contributed by atoms with E-state index in [1.807, 2.05) is 6.07 Å². The van der Waals surface area contributed by atoms with Crippen molar-refractivity contribution in [3.63, 3.8) is 0 Å². The van der Waals surface area contributed by atoms with Crippen LogP contribution in [0.15, 0.2) is 22.7 Å². The Bertz CT molecular complexity index is 312. The highest BCUT2D eigenvalue weighted by molar-refractivity contribution is 9.10. The van der Waals surface area contributed by atoms with Crippen LogP contribution in [0.5, 0.6) is 0 Å². The summed E-state index contributed by atoms with van der Waals surface area (Å²) >= 11 is 3.42. The van der Waals surface area contributed by atoms with Gasteiger partial charge < -0.3 is 4.90 Å². The van der Waals surface area contributed by atoms with Crippen molar-refractivity contribution in [1.82, 2.24) is 0 Å². The molecule has 0 amide bonds. The first-order valence-corrected chi connectivity index (χ1v) is 5.20. The van der Waals surface area contributed by atoms with Crippen molar-refractivity contribution in [2.45, 2.75) is 6.42 Å². The largest absolute Gasteiger partial charge is 0.368 e. The van der Waals surface area contributed by atoms with E-state index in [4.69, 9.17) is 0 Å². The predicted molar refractivity (Wildman–Crippen MR) is 56.0 cm³/mol. The van der Waals surface area contributed by atoms with Gasteiger partial charge in [0, 0.05) is 23.2 Å². The van der Waals surface area contributed by atoms with Crippen LogP contribution in [-0.2, 0) is 6.42 Å². The third kappa shape index (κ3) is 1.70. The van der Waals surface area contributed by atoms with Gasteiger partial charge in [0.2, 0.25) is 0 Å². The van der Waals surface area contributed by atoms with E-state index < -0.39 is 0 Å². The van der Waals surface area contributed by atoms with Crippen molar-refractivity contribution in [1.29, 1.82) is 0 Å². The molecule has 70 valence electrons. The molecule has 1 nitrogen and oxygen atoms in total. The van der Waals surface area contributed by atoms with Crippen molar-refractivity contribution < 1.29 is 4.39 Å². The molecule has 13 heavy (non-hydrogen) atoms. The number of hydrogen-bond donors (Lipinski definition) is 0. The molecular formula is C10H11BrFN. The van der Waals surface area contributed by atoms with Crippen LogP contribution in [0, 0.1) is 0 Å². The molecule has 0 aromatic heterocycles. The molecule has 0 saturated carbocycles. The number of anilines is 1. The number of fused-ring (bicyclic) bond motifs is 1. The van der Waals surface area contributed by atoms with E-state index in [0.29, 0.717) is 6.54 Å². The maximum Gasteiger partial charge on any atom is 0.107 e. The van der Waals surface area contributed by atoms with Crippen LogP contribution in [-0.4, -0.2) is 19.8 Å². The first-order valence-electron chi connectivity index (χ1n) is 4.40. The number of halogens is 2. The number of hydrogen-bond acceptors (Lipinski definition) is 1. The average Bonchev–Trinajstić information content (AvgIpc) is 2.49. The second-order valence-corrected chi connectivity index (χ2v) is 4.11. The quantitative estimate of drug-likeness (QED) is 0.773. The lowest BCUT2D eigenvalue weighted by atomic mass is 10.2. The summed E-state index contributed by atoms with van der Waals surface area (Å²) in [5, 5.41) is 0. The van der Waals surface area contributed by atoms with Crippen LogP contribution in [0.4, 0.5) is 10.1 Å². The second kappa shape index (κ2) is 3.66. The monoisotopic (exact) mass is 243 g/mol. The molecule has 0 N–H and O–H groups in total. The Balaban J connectivity index is 2.29. The normalized spacial score (nSPS) is 14.8. The lowest BCUT2D eigenvalue weighted by molar-refractivity contribution is 0.493. The van der Waals surface area contributed by atoms with E-state index in [1.54, 1.807) is 0 Å². The van der Waals surface area contributed by atoms with E-state index in [9.17, 15) is 4.39 Å². The van der Waals surface area contributed by atoms with Gasteiger partial charge in [0.1, 0.15) is 6.67 Å². The molecule has 1 aliphatic rings. The maximum atomic E-state index is 12.2. The third-order valence-corrected chi connectivity index (χ3v) is 2.89. The molecule has 0 fully saturated rings. The minimum Gasteiger partial charge on any atom is -0.368 e. The Hall–Kier alpha value is -0.570. The highest BCUT2D eigenvalue weighted by Crippen LogP contribution is 2.30. The zero-order valence-electron chi connectivity index (χ0n) is 7.26.